The maximum atomic E-state index is 12.9. The van der Waals surface area contributed by atoms with Crippen molar-refractivity contribution in [3.8, 4) is 11.4 Å². The number of carbonyl (C=O) groups is 1. The van der Waals surface area contributed by atoms with E-state index >= 15 is 0 Å². The number of benzene rings is 1. The first-order chi connectivity index (χ1) is 14.1. The predicted molar refractivity (Wildman–Crippen MR) is 114 cm³/mol. The van der Waals surface area contributed by atoms with Crippen molar-refractivity contribution in [2.45, 2.75) is 38.5 Å². The first-order valence-electron chi connectivity index (χ1n) is 9.62. The molecule has 29 heavy (non-hydrogen) atoms. The van der Waals surface area contributed by atoms with Gasteiger partial charge in [-0.2, -0.15) is 4.98 Å². The molecule has 0 spiro atoms. The van der Waals surface area contributed by atoms with E-state index in [4.69, 9.17) is 21.1 Å². The van der Waals surface area contributed by atoms with Gasteiger partial charge in [-0.15, -0.1) is 17.9 Å². The van der Waals surface area contributed by atoms with Crippen molar-refractivity contribution in [2.75, 3.05) is 11.4 Å². The van der Waals surface area contributed by atoms with Crippen LogP contribution in [0.3, 0.4) is 0 Å². The molecule has 0 atom stereocenters. The smallest absolute Gasteiger partial charge is 0.229 e. The standard InChI is InChI=1S/C21H21ClN4O2S/c1-2-13-26(21-23-16-5-3-4-6-17(16)29-21)19(27)12-11-18-24-20(25-28-18)14-7-9-15(22)10-8-14/h2,7-10H,1,3-6,11-13H2. The molecule has 2 heterocycles. The maximum absolute atomic E-state index is 12.9. The molecule has 1 amide bonds. The Bertz CT molecular complexity index is 989. The van der Waals surface area contributed by atoms with Crippen molar-refractivity contribution in [3.63, 3.8) is 0 Å². The molecule has 2 aromatic heterocycles. The molecule has 0 radical (unpaired) electrons. The minimum absolute atomic E-state index is 0.0257. The molecule has 1 aliphatic rings. The topological polar surface area (TPSA) is 72.1 Å². The SMILES string of the molecule is C=CCN(C(=O)CCc1nc(-c2ccc(Cl)cc2)no1)c1nc2c(s1)CCCC2. The third kappa shape index (κ3) is 4.57. The van der Waals surface area contributed by atoms with Gasteiger partial charge in [-0.1, -0.05) is 22.8 Å². The van der Waals surface area contributed by atoms with Crippen LogP contribution >= 0.6 is 22.9 Å². The summed E-state index contributed by atoms with van der Waals surface area (Å²) in [6.07, 6.45) is 6.77. The number of thiazole rings is 1. The van der Waals surface area contributed by atoms with E-state index in [0.717, 1.165) is 29.2 Å². The van der Waals surface area contributed by atoms with Crippen LogP contribution in [0.5, 0.6) is 0 Å². The molecule has 0 saturated carbocycles. The maximum Gasteiger partial charge on any atom is 0.229 e. The molecule has 1 aliphatic carbocycles. The van der Waals surface area contributed by atoms with E-state index in [9.17, 15) is 4.79 Å². The summed E-state index contributed by atoms with van der Waals surface area (Å²) in [4.78, 5) is 25.0. The number of aryl methyl sites for hydroxylation is 3. The Kier molecular flexibility index (Phi) is 6.06. The summed E-state index contributed by atoms with van der Waals surface area (Å²) in [6, 6.07) is 7.21. The molecule has 3 aromatic rings. The predicted octanol–water partition coefficient (Wildman–Crippen LogP) is 4.88. The molecule has 0 bridgehead atoms. The molecule has 8 heteroatoms. The van der Waals surface area contributed by atoms with Gasteiger partial charge in [0, 0.05) is 34.8 Å². The fourth-order valence-electron chi connectivity index (χ4n) is 3.29. The van der Waals surface area contributed by atoms with Gasteiger partial charge in [-0.05, 0) is 49.9 Å². The van der Waals surface area contributed by atoms with Gasteiger partial charge in [0.2, 0.25) is 17.6 Å². The summed E-state index contributed by atoms with van der Waals surface area (Å²) in [5.74, 6) is 0.891. The number of anilines is 1. The molecule has 0 N–H and O–H groups in total. The Morgan fingerprint density at radius 1 is 1.24 bits per heavy atom. The van der Waals surface area contributed by atoms with Gasteiger partial charge in [0.15, 0.2) is 5.13 Å². The van der Waals surface area contributed by atoms with Crippen molar-refractivity contribution in [1.82, 2.24) is 15.1 Å². The first kappa shape index (κ1) is 19.8. The zero-order valence-corrected chi connectivity index (χ0v) is 17.5. The van der Waals surface area contributed by atoms with Crippen LogP contribution in [0.15, 0.2) is 41.4 Å². The molecule has 0 unspecified atom stereocenters. The first-order valence-corrected chi connectivity index (χ1v) is 10.8. The van der Waals surface area contributed by atoms with Crippen LogP contribution < -0.4 is 4.90 Å². The van der Waals surface area contributed by atoms with E-state index in [-0.39, 0.29) is 12.3 Å². The number of aromatic nitrogens is 3. The van der Waals surface area contributed by atoms with Gasteiger partial charge < -0.3 is 4.52 Å². The highest BCUT2D eigenvalue weighted by Crippen LogP contribution is 2.32. The summed E-state index contributed by atoms with van der Waals surface area (Å²) < 4.78 is 5.31. The van der Waals surface area contributed by atoms with Gasteiger partial charge in [0.05, 0.1) is 5.69 Å². The van der Waals surface area contributed by atoms with E-state index < -0.39 is 0 Å². The third-order valence-electron chi connectivity index (χ3n) is 4.80. The molecular formula is C21H21ClN4O2S. The number of hydrogen-bond donors (Lipinski definition) is 0. The molecule has 4 rings (SSSR count). The number of fused-ring (bicyclic) bond motifs is 1. The lowest BCUT2D eigenvalue weighted by atomic mass is 10.0. The highest BCUT2D eigenvalue weighted by atomic mass is 35.5. The van der Waals surface area contributed by atoms with Gasteiger partial charge in [-0.25, -0.2) is 4.98 Å². The molecule has 0 fully saturated rings. The number of rotatable bonds is 7. The van der Waals surface area contributed by atoms with Crippen LogP contribution in [0, 0.1) is 0 Å². The second-order valence-corrected chi connectivity index (χ2v) is 8.38. The van der Waals surface area contributed by atoms with Crippen molar-refractivity contribution < 1.29 is 9.32 Å². The molecule has 150 valence electrons. The third-order valence-corrected chi connectivity index (χ3v) is 6.23. The second-order valence-electron chi connectivity index (χ2n) is 6.89. The normalized spacial score (nSPS) is 13.1. The minimum Gasteiger partial charge on any atom is -0.339 e. The van der Waals surface area contributed by atoms with Crippen LogP contribution in [0.1, 0.15) is 35.7 Å². The van der Waals surface area contributed by atoms with Crippen molar-refractivity contribution in [3.05, 3.63) is 58.4 Å². The van der Waals surface area contributed by atoms with Crippen LogP contribution in [0.25, 0.3) is 11.4 Å². The monoisotopic (exact) mass is 428 g/mol. The number of nitrogens with zero attached hydrogens (tertiary/aromatic N) is 4. The van der Waals surface area contributed by atoms with Gasteiger partial charge in [0.1, 0.15) is 0 Å². The lowest BCUT2D eigenvalue weighted by molar-refractivity contribution is -0.118. The highest BCUT2D eigenvalue weighted by molar-refractivity contribution is 7.16. The van der Waals surface area contributed by atoms with E-state index in [1.807, 2.05) is 12.1 Å². The number of hydrogen-bond acceptors (Lipinski definition) is 6. The van der Waals surface area contributed by atoms with E-state index in [1.54, 1.807) is 34.4 Å². The number of carbonyl (C=O) groups excluding carboxylic acids is 1. The van der Waals surface area contributed by atoms with Gasteiger partial charge in [-0.3, -0.25) is 9.69 Å². The van der Waals surface area contributed by atoms with Crippen LogP contribution in [0.4, 0.5) is 5.13 Å². The molecular weight excluding hydrogens is 408 g/mol. The van der Waals surface area contributed by atoms with Crippen LogP contribution in [0.2, 0.25) is 5.02 Å². The largest absolute Gasteiger partial charge is 0.339 e. The Balaban J connectivity index is 1.43. The lowest BCUT2D eigenvalue weighted by Crippen LogP contribution is -2.31. The van der Waals surface area contributed by atoms with Crippen LogP contribution in [-0.2, 0) is 24.1 Å². The number of amides is 1. The Morgan fingerprint density at radius 2 is 2.03 bits per heavy atom. The lowest BCUT2D eigenvalue weighted by Gasteiger charge is -2.17. The van der Waals surface area contributed by atoms with Crippen molar-refractivity contribution in [1.29, 1.82) is 0 Å². The molecule has 1 aromatic carbocycles. The summed E-state index contributed by atoms with van der Waals surface area (Å²) in [6.45, 7) is 4.22. The zero-order chi connectivity index (χ0) is 20.2. The summed E-state index contributed by atoms with van der Waals surface area (Å²) in [5.41, 5.74) is 1.96. The average Bonchev–Trinajstić information content (AvgIpc) is 3.37. The Hall–Kier alpha value is -2.51. The van der Waals surface area contributed by atoms with Crippen molar-refractivity contribution in [2.24, 2.45) is 0 Å². The summed E-state index contributed by atoms with van der Waals surface area (Å²) in [7, 11) is 0. The fraction of sp³-hybridized carbons (Fsp3) is 0.333. The fourth-order valence-corrected chi connectivity index (χ4v) is 4.59. The van der Waals surface area contributed by atoms with Crippen molar-refractivity contribution >= 4 is 34.0 Å². The molecule has 0 aliphatic heterocycles. The zero-order valence-electron chi connectivity index (χ0n) is 15.9. The average molecular weight is 429 g/mol. The number of halogens is 1. The Labute approximate surface area is 178 Å². The van der Waals surface area contributed by atoms with E-state index in [1.165, 1.54) is 17.7 Å². The van der Waals surface area contributed by atoms with E-state index in [2.05, 4.69) is 16.7 Å². The Morgan fingerprint density at radius 3 is 2.79 bits per heavy atom. The van der Waals surface area contributed by atoms with Gasteiger partial charge in [0.25, 0.3) is 0 Å². The summed E-state index contributed by atoms with van der Waals surface area (Å²) >= 11 is 7.53. The van der Waals surface area contributed by atoms with Crippen LogP contribution in [-0.4, -0.2) is 27.6 Å². The van der Waals surface area contributed by atoms with E-state index in [0.29, 0.717) is 29.7 Å². The van der Waals surface area contributed by atoms with Gasteiger partial charge >= 0.3 is 0 Å². The molecule has 0 saturated heterocycles. The summed E-state index contributed by atoms with van der Waals surface area (Å²) in [5, 5.41) is 5.40. The molecule has 6 nitrogen and oxygen atoms in total. The highest BCUT2D eigenvalue weighted by Gasteiger charge is 2.23. The quantitative estimate of drug-likeness (QED) is 0.501. The second kappa shape index (κ2) is 8.88. The minimum atomic E-state index is -0.0257.